The Bertz CT molecular complexity index is 685. The van der Waals surface area contributed by atoms with Gasteiger partial charge in [0.25, 0.3) is 5.91 Å². The Kier molecular flexibility index (Phi) is 5.57. The van der Waals surface area contributed by atoms with Gasteiger partial charge in [-0.2, -0.15) is 0 Å². The molecule has 0 aromatic heterocycles. The van der Waals surface area contributed by atoms with Gasteiger partial charge >= 0.3 is 5.97 Å². The summed E-state index contributed by atoms with van der Waals surface area (Å²) in [6.45, 7) is -0.386. The third-order valence-electron chi connectivity index (χ3n) is 3.02. The van der Waals surface area contributed by atoms with Crippen molar-refractivity contribution >= 4 is 17.6 Å². The fourth-order valence-electron chi connectivity index (χ4n) is 1.89. The molecule has 6 heteroatoms. The van der Waals surface area contributed by atoms with Crippen LogP contribution in [0.15, 0.2) is 48.5 Å². The molecule has 0 aliphatic heterocycles. The number of nitrogens with one attached hydrogen (secondary N) is 1. The molecule has 2 aromatic rings. The molecule has 23 heavy (non-hydrogen) atoms. The van der Waals surface area contributed by atoms with Crippen LogP contribution in [0, 0.1) is 0 Å². The lowest BCUT2D eigenvalue weighted by Gasteiger charge is -2.10. The average molecular weight is 315 g/mol. The van der Waals surface area contributed by atoms with Crippen molar-refractivity contribution in [2.24, 2.45) is 0 Å². The molecule has 2 aromatic carbocycles. The van der Waals surface area contributed by atoms with Gasteiger partial charge in [0.1, 0.15) is 17.1 Å². The van der Waals surface area contributed by atoms with Crippen LogP contribution in [0.5, 0.6) is 11.5 Å². The summed E-state index contributed by atoms with van der Waals surface area (Å²) < 4.78 is 15.2. The van der Waals surface area contributed by atoms with Gasteiger partial charge in [-0.05, 0) is 24.3 Å². The first-order valence-corrected chi connectivity index (χ1v) is 6.88. The van der Waals surface area contributed by atoms with Gasteiger partial charge in [-0.1, -0.05) is 18.2 Å². The summed E-state index contributed by atoms with van der Waals surface area (Å²) in [6.07, 6.45) is 0. The van der Waals surface area contributed by atoms with Crippen molar-refractivity contribution in [1.82, 2.24) is 0 Å². The lowest BCUT2D eigenvalue weighted by molar-refractivity contribution is -0.119. The topological polar surface area (TPSA) is 73.9 Å². The predicted molar refractivity (Wildman–Crippen MR) is 84.9 cm³/mol. The predicted octanol–water partition coefficient (Wildman–Crippen LogP) is 2.50. The minimum absolute atomic E-state index is 0.223. The number of rotatable bonds is 6. The van der Waals surface area contributed by atoms with E-state index in [0.29, 0.717) is 17.2 Å². The Morgan fingerprint density at radius 2 is 1.74 bits per heavy atom. The van der Waals surface area contributed by atoms with Gasteiger partial charge in [-0.15, -0.1) is 0 Å². The van der Waals surface area contributed by atoms with Crippen LogP contribution in [0.25, 0.3) is 0 Å². The molecule has 0 heterocycles. The third-order valence-corrected chi connectivity index (χ3v) is 3.02. The fraction of sp³-hybridized carbons (Fsp3) is 0.176. The van der Waals surface area contributed by atoms with E-state index in [0.717, 1.165) is 0 Å². The molecule has 0 saturated heterocycles. The number of ether oxygens (including phenoxy) is 3. The second-order valence-electron chi connectivity index (χ2n) is 4.56. The molecule has 0 bridgehead atoms. The highest BCUT2D eigenvalue weighted by Crippen LogP contribution is 2.25. The number of para-hydroxylation sites is 1. The molecule has 0 fully saturated rings. The summed E-state index contributed by atoms with van der Waals surface area (Å²) in [5.41, 5.74) is 0.858. The second-order valence-corrected chi connectivity index (χ2v) is 4.56. The fourth-order valence-corrected chi connectivity index (χ4v) is 1.89. The van der Waals surface area contributed by atoms with Crippen LogP contribution in [-0.4, -0.2) is 32.7 Å². The maximum atomic E-state index is 12.1. The second kappa shape index (κ2) is 7.84. The molecule has 120 valence electrons. The van der Waals surface area contributed by atoms with Crippen molar-refractivity contribution in [1.29, 1.82) is 0 Å². The number of carbonyl (C=O) groups is 2. The molecule has 2 rings (SSSR count). The van der Waals surface area contributed by atoms with Gasteiger partial charge in [-0.3, -0.25) is 4.79 Å². The standard InChI is InChI=1S/C17H17NO5/c1-21-13-8-9-14(15(10-13)22-2)17(20)23-11-16(19)18-12-6-4-3-5-7-12/h3-10H,11H2,1-2H3,(H,18,19). The van der Waals surface area contributed by atoms with Crippen molar-refractivity contribution in [3.05, 3.63) is 54.1 Å². The van der Waals surface area contributed by atoms with E-state index in [1.807, 2.05) is 6.07 Å². The van der Waals surface area contributed by atoms with Gasteiger partial charge in [-0.25, -0.2) is 4.79 Å². The van der Waals surface area contributed by atoms with Crippen molar-refractivity contribution in [2.75, 3.05) is 26.1 Å². The lowest BCUT2D eigenvalue weighted by atomic mass is 10.2. The van der Waals surface area contributed by atoms with Crippen molar-refractivity contribution < 1.29 is 23.8 Å². The Morgan fingerprint density at radius 1 is 1.00 bits per heavy atom. The lowest BCUT2D eigenvalue weighted by Crippen LogP contribution is -2.21. The number of benzene rings is 2. The van der Waals surface area contributed by atoms with E-state index in [2.05, 4.69) is 5.32 Å². The Morgan fingerprint density at radius 3 is 2.39 bits per heavy atom. The molecular weight excluding hydrogens is 298 g/mol. The maximum Gasteiger partial charge on any atom is 0.342 e. The van der Waals surface area contributed by atoms with Gasteiger partial charge in [0.2, 0.25) is 0 Å². The van der Waals surface area contributed by atoms with Gasteiger partial charge in [0, 0.05) is 11.8 Å². The highest BCUT2D eigenvalue weighted by molar-refractivity contribution is 5.96. The summed E-state index contributed by atoms with van der Waals surface area (Å²) in [4.78, 5) is 23.8. The average Bonchev–Trinajstić information content (AvgIpc) is 2.60. The van der Waals surface area contributed by atoms with Crippen molar-refractivity contribution in [3.63, 3.8) is 0 Å². The van der Waals surface area contributed by atoms with E-state index in [4.69, 9.17) is 14.2 Å². The van der Waals surface area contributed by atoms with Crippen LogP contribution in [0.1, 0.15) is 10.4 Å². The van der Waals surface area contributed by atoms with Gasteiger partial charge in [0.05, 0.1) is 14.2 Å². The van der Waals surface area contributed by atoms with E-state index < -0.39 is 11.9 Å². The molecule has 0 aliphatic rings. The first kappa shape index (κ1) is 16.4. The molecule has 0 atom stereocenters. The molecule has 1 N–H and O–H groups in total. The zero-order valence-corrected chi connectivity index (χ0v) is 12.9. The zero-order chi connectivity index (χ0) is 16.7. The van der Waals surface area contributed by atoms with E-state index in [-0.39, 0.29) is 12.2 Å². The van der Waals surface area contributed by atoms with E-state index in [1.165, 1.54) is 20.3 Å². The number of esters is 1. The van der Waals surface area contributed by atoms with Crippen LogP contribution in [0.3, 0.4) is 0 Å². The maximum absolute atomic E-state index is 12.1. The minimum Gasteiger partial charge on any atom is -0.497 e. The molecule has 6 nitrogen and oxygen atoms in total. The van der Waals surface area contributed by atoms with Crippen LogP contribution in [-0.2, 0) is 9.53 Å². The molecule has 0 radical (unpaired) electrons. The van der Waals surface area contributed by atoms with Crippen LogP contribution in [0.2, 0.25) is 0 Å². The largest absolute Gasteiger partial charge is 0.497 e. The Balaban J connectivity index is 1.95. The van der Waals surface area contributed by atoms with Gasteiger partial charge < -0.3 is 19.5 Å². The first-order chi connectivity index (χ1) is 11.1. The quantitative estimate of drug-likeness (QED) is 0.829. The van der Waals surface area contributed by atoms with Crippen LogP contribution < -0.4 is 14.8 Å². The number of amides is 1. The van der Waals surface area contributed by atoms with E-state index in [9.17, 15) is 9.59 Å². The molecule has 0 spiro atoms. The smallest absolute Gasteiger partial charge is 0.342 e. The number of carbonyl (C=O) groups excluding carboxylic acids is 2. The molecule has 1 amide bonds. The zero-order valence-electron chi connectivity index (χ0n) is 12.9. The van der Waals surface area contributed by atoms with E-state index in [1.54, 1.807) is 36.4 Å². The third kappa shape index (κ3) is 4.47. The first-order valence-electron chi connectivity index (χ1n) is 6.88. The highest BCUT2D eigenvalue weighted by atomic mass is 16.5. The molecular formula is C17H17NO5. The summed E-state index contributed by atoms with van der Waals surface area (Å²) in [6, 6.07) is 13.6. The number of hydrogen-bond donors (Lipinski definition) is 1. The number of hydrogen-bond acceptors (Lipinski definition) is 5. The summed E-state index contributed by atoms with van der Waals surface area (Å²) in [5, 5.41) is 2.63. The minimum atomic E-state index is -0.646. The molecule has 0 unspecified atom stereocenters. The molecule has 0 saturated carbocycles. The summed E-state index contributed by atoms with van der Waals surface area (Å²) in [5.74, 6) is -0.192. The van der Waals surface area contributed by atoms with Crippen LogP contribution in [0.4, 0.5) is 5.69 Å². The summed E-state index contributed by atoms with van der Waals surface area (Å²) >= 11 is 0. The SMILES string of the molecule is COc1ccc(C(=O)OCC(=O)Nc2ccccc2)c(OC)c1. The number of anilines is 1. The highest BCUT2D eigenvalue weighted by Gasteiger charge is 2.16. The number of methoxy groups -OCH3 is 2. The van der Waals surface area contributed by atoms with Gasteiger partial charge in [0.15, 0.2) is 6.61 Å². The summed E-state index contributed by atoms with van der Waals surface area (Å²) in [7, 11) is 2.95. The normalized spacial score (nSPS) is 9.83. The Hall–Kier alpha value is -3.02. The van der Waals surface area contributed by atoms with Crippen molar-refractivity contribution in [2.45, 2.75) is 0 Å². The molecule has 0 aliphatic carbocycles. The van der Waals surface area contributed by atoms with Crippen molar-refractivity contribution in [3.8, 4) is 11.5 Å². The monoisotopic (exact) mass is 315 g/mol. The van der Waals surface area contributed by atoms with E-state index >= 15 is 0 Å². The van der Waals surface area contributed by atoms with Crippen LogP contribution >= 0.6 is 0 Å². The Labute approximate surface area is 134 Å².